The van der Waals surface area contributed by atoms with E-state index in [2.05, 4.69) is 35.1 Å². The minimum atomic E-state index is 0.241. The van der Waals surface area contributed by atoms with Gasteiger partial charge in [-0.05, 0) is 37.5 Å². The molecule has 2 nitrogen and oxygen atoms in total. The lowest BCUT2D eigenvalue weighted by atomic mass is 9.96. The van der Waals surface area contributed by atoms with Gasteiger partial charge in [-0.15, -0.1) is 0 Å². The molecule has 0 heterocycles. The third-order valence-electron chi connectivity index (χ3n) is 3.86. The van der Waals surface area contributed by atoms with Crippen molar-refractivity contribution in [2.75, 3.05) is 11.9 Å². The lowest BCUT2D eigenvalue weighted by Crippen LogP contribution is -2.35. The molecule has 1 aliphatic rings. The topological polar surface area (TPSA) is 29.1 Å². The van der Waals surface area contributed by atoms with Gasteiger partial charge in [-0.3, -0.25) is 4.79 Å². The van der Waals surface area contributed by atoms with E-state index in [9.17, 15) is 4.79 Å². The molecule has 0 atom stereocenters. The Morgan fingerprint density at radius 2 is 1.88 bits per heavy atom. The molecule has 0 radical (unpaired) electrons. The summed E-state index contributed by atoms with van der Waals surface area (Å²) in [6.45, 7) is 5.20. The lowest BCUT2D eigenvalue weighted by Gasteiger charge is -2.19. The first-order valence-corrected chi connectivity index (χ1v) is 8.13. The van der Waals surface area contributed by atoms with E-state index in [1.807, 2.05) is 0 Å². The number of rotatable bonds is 9. The summed E-state index contributed by atoms with van der Waals surface area (Å²) in [6.07, 6.45) is 8.03. The molecule has 1 N–H and O–H groups in total. The third kappa shape index (κ3) is 4.99. The van der Waals surface area contributed by atoms with Gasteiger partial charge in [-0.1, -0.05) is 42.6 Å². The Hall–Kier alpha value is -0.0500. The number of nitrogens with one attached hydrogen (secondary N) is 1. The molecule has 0 aromatic carbocycles. The van der Waals surface area contributed by atoms with Gasteiger partial charge < -0.3 is 5.32 Å². The Morgan fingerprint density at radius 3 is 2.29 bits per heavy atom. The standard InChI is InChI=1S/C14H26BrNO/c1-3-5-12(6-4-2)13(17)16-11-14(7-8-14)9-10-15/h12H,3-11H2,1-2H3,(H,16,17). The predicted octanol–water partition coefficient (Wildman–Crippen LogP) is 3.88. The van der Waals surface area contributed by atoms with Crippen molar-refractivity contribution in [1.82, 2.24) is 5.32 Å². The second kappa shape index (κ2) is 7.40. The quantitative estimate of drug-likeness (QED) is 0.643. The molecule has 1 aliphatic carbocycles. The van der Waals surface area contributed by atoms with Crippen LogP contribution in [0.1, 0.15) is 58.8 Å². The van der Waals surface area contributed by atoms with E-state index in [4.69, 9.17) is 0 Å². The van der Waals surface area contributed by atoms with E-state index in [1.54, 1.807) is 0 Å². The Bertz CT molecular complexity index is 232. The molecule has 0 aromatic rings. The largest absolute Gasteiger partial charge is 0.355 e. The van der Waals surface area contributed by atoms with Crippen molar-refractivity contribution in [3.05, 3.63) is 0 Å². The van der Waals surface area contributed by atoms with Gasteiger partial charge in [0.1, 0.15) is 0 Å². The monoisotopic (exact) mass is 303 g/mol. The van der Waals surface area contributed by atoms with Crippen LogP contribution in [0.25, 0.3) is 0 Å². The molecule has 100 valence electrons. The molecule has 0 bridgehead atoms. The van der Waals surface area contributed by atoms with Crippen LogP contribution in [0.4, 0.5) is 0 Å². The average molecular weight is 304 g/mol. The zero-order valence-electron chi connectivity index (χ0n) is 11.2. The number of alkyl halides is 1. The fraction of sp³-hybridized carbons (Fsp3) is 0.929. The summed E-state index contributed by atoms with van der Waals surface area (Å²) in [5.41, 5.74) is 0.433. The van der Waals surface area contributed by atoms with Gasteiger partial charge >= 0.3 is 0 Å². The summed E-state index contributed by atoms with van der Waals surface area (Å²) in [6, 6.07) is 0. The molecule has 0 unspecified atom stereocenters. The van der Waals surface area contributed by atoms with Gasteiger partial charge in [0.15, 0.2) is 0 Å². The summed E-state index contributed by atoms with van der Waals surface area (Å²) in [4.78, 5) is 12.1. The maximum absolute atomic E-state index is 12.1. The molecule has 1 amide bonds. The highest BCUT2D eigenvalue weighted by Gasteiger charge is 2.41. The fourth-order valence-electron chi connectivity index (χ4n) is 2.41. The number of halogens is 1. The summed E-state index contributed by atoms with van der Waals surface area (Å²) in [7, 11) is 0. The Kier molecular flexibility index (Phi) is 6.53. The first kappa shape index (κ1) is 15.0. The summed E-state index contributed by atoms with van der Waals surface area (Å²) >= 11 is 3.50. The summed E-state index contributed by atoms with van der Waals surface area (Å²) in [5.74, 6) is 0.527. The zero-order valence-corrected chi connectivity index (χ0v) is 12.8. The summed E-state index contributed by atoms with van der Waals surface area (Å²) < 4.78 is 0. The first-order chi connectivity index (χ1) is 8.17. The van der Waals surface area contributed by atoms with Crippen LogP contribution in [0.5, 0.6) is 0 Å². The molecule has 0 aromatic heterocycles. The highest BCUT2D eigenvalue weighted by atomic mass is 79.9. The van der Waals surface area contributed by atoms with Crippen molar-refractivity contribution in [2.24, 2.45) is 11.3 Å². The van der Waals surface area contributed by atoms with Crippen LogP contribution < -0.4 is 5.32 Å². The van der Waals surface area contributed by atoms with E-state index >= 15 is 0 Å². The molecule has 1 saturated carbocycles. The van der Waals surface area contributed by atoms with Crippen molar-refractivity contribution < 1.29 is 4.79 Å². The maximum Gasteiger partial charge on any atom is 0.223 e. The van der Waals surface area contributed by atoms with E-state index in [-0.39, 0.29) is 11.8 Å². The smallest absolute Gasteiger partial charge is 0.223 e. The first-order valence-electron chi connectivity index (χ1n) is 7.01. The minimum Gasteiger partial charge on any atom is -0.355 e. The van der Waals surface area contributed by atoms with Gasteiger partial charge in [0.05, 0.1) is 0 Å². The van der Waals surface area contributed by atoms with Crippen molar-refractivity contribution in [3.8, 4) is 0 Å². The Morgan fingerprint density at radius 1 is 1.29 bits per heavy atom. The van der Waals surface area contributed by atoms with Gasteiger partial charge in [0.2, 0.25) is 5.91 Å². The van der Waals surface area contributed by atoms with E-state index in [1.165, 1.54) is 19.3 Å². The average Bonchev–Trinajstić information content (AvgIpc) is 3.07. The van der Waals surface area contributed by atoms with Crippen LogP contribution in [0.2, 0.25) is 0 Å². The Balaban J connectivity index is 2.31. The lowest BCUT2D eigenvalue weighted by molar-refractivity contribution is -0.125. The number of amides is 1. The second-order valence-corrected chi connectivity index (χ2v) is 6.22. The number of hydrogen-bond donors (Lipinski definition) is 1. The van der Waals surface area contributed by atoms with Crippen molar-refractivity contribution in [1.29, 1.82) is 0 Å². The third-order valence-corrected chi connectivity index (χ3v) is 4.26. The molecule has 0 saturated heterocycles. The van der Waals surface area contributed by atoms with Crippen molar-refractivity contribution in [2.45, 2.75) is 58.8 Å². The van der Waals surface area contributed by atoms with E-state index < -0.39 is 0 Å². The van der Waals surface area contributed by atoms with Crippen LogP contribution >= 0.6 is 15.9 Å². The SMILES string of the molecule is CCCC(CCC)C(=O)NCC1(CCBr)CC1. The van der Waals surface area contributed by atoms with E-state index in [0.29, 0.717) is 5.41 Å². The van der Waals surface area contributed by atoms with Gasteiger partial charge in [-0.25, -0.2) is 0 Å². The van der Waals surface area contributed by atoms with Gasteiger partial charge in [0.25, 0.3) is 0 Å². The molecule has 0 aliphatic heterocycles. The van der Waals surface area contributed by atoms with Crippen LogP contribution in [-0.4, -0.2) is 17.8 Å². The summed E-state index contributed by atoms with van der Waals surface area (Å²) in [5, 5.41) is 4.23. The maximum atomic E-state index is 12.1. The molecule has 3 heteroatoms. The number of carbonyl (C=O) groups is 1. The van der Waals surface area contributed by atoms with Crippen LogP contribution in [0.3, 0.4) is 0 Å². The number of hydrogen-bond acceptors (Lipinski definition) is 1. The molecular weight excluding hydrogens is 278 g/mol. The molecular formula is C14H26BrNO. The van der Waals surface area contributed by atoms with Crippen LogP contribution in [0.15, 0.2) is 0 Å². The molecule has 17 heavy (non-hydrogen) atoms. The number of carbonyl (C=O) groups excluding carboxylic acids is 1. The fourth-order valence-corrected chi connectivity index (χ4v) is 3.26. The molecule has 0 spiro atoms. The zero-order chi connectivity index (χ0) is 12.7. The van der Waals surface area contributed by atoms with Crippen LogP contribution in [-0.2, 0) is 4.79 Å². The van der Waals surface area contributed by atoms with Crippen LogP contribution in [0, 0.1) is 11.3 Å². The minimum absolute atomic E-state index is 0.241. The highest BCUT2D eigenvalue weighted by molar-refractivity contribution is 9.09. The Labute approximate surface area is 114 Å². The normalized spacial score (nSPS) is 17.2. The van der Waals surface area contributed by atoms with Gasteiger partial charge in [0, 0.05) is 17.8 Å². The van der Waals surface area contributed by atoms with E-state index in [0.717, 1.165) is 37.6 Å². The van der Waals surface area contributed by atoms with Crippen molar-refractivity contribution in [3.63, 3.8) is 0 Å². The second-order valence-electron chi connectivity index (χ2n) is 5.43. The highest BCUT2D eigenvalue weighted by Crippen LogP contribution is 2.48. The van der Waals surface area contributed by atoms with Gasteiger partial charge in [-0.2, -0.15) is 0 Å². The predicted molar refractivity (Wildman–Crippen MR) is 76.4 cm³/mol. The molecule has 1 rings (SSSR count). The molecule has 1 fully saturated rings. The van der Waals surface area contributed by atoms with Crippen molar-refractivity contribution >= 4 is 21.8 Å².